The van der Waals surface area contributed by atoms with Gasteiger partial charge in [0.15, 0.2) is 0 Å². The molecule has 2 heteroatoms. The molecule has 1 fully saturated rings. The van der Waals surface area contributed by atoms with Crippen LogP contribution in [0, 0.1) is 17.8 Å². The molecule has 0 unspecified atom stereocenters. The molecule has 0 spiro atoms. The Balaban J connectivity index is 2.34. The SMILES string of the molecule is CC=C[C@H]1CC[C@H](C(CO)CO)CC1. The monoisotopic (exact) mass is 198 g/mol. The van der Waals surface area contributed by atoms with E-state index in [9.17, 15) is 0 Å². The van der Waals surface area contributed by atoms with Gasteiger partial charge >= 0.3 is 0 Å². The van der Waals surface area contributed by atoms with Crippen LogP contribution < -0.4 is 0 Å². The van der Waals surface area contributed by atoms with E-state index < -0.39 is 0 Å². The molecule has 0 aromatic rings. The normalized spacial score (nSPS) is 28.9. The fourth-order valence-corrected chi connectivity index (χ4v) is 2.44. The second-order valence-electron chi connectivity index (χ2n) is 4.33. The van der Waals surface area contributed by atoms with Crippen LogP contribution in [0.15, 0.2) is 12.2 Å². The van der Waals surface area contributed by atoms with Crippen molar-refractivity contribution in [1.29, 1.82) is 0 Å². The van der Waals surface area contributed by atoms with Crippen LogP contribution in [-0.2, 0) is 0 Å². The molecular weight excluding hydrogens is 176 g/mol. The van der Waals surface area contributed by atoms with E-state index in [0.717, 1.165) is 18.8 Å². The maximum Gasteiger partial charge on any atom is 0.0483 e. The Morgan fingerprint density at radius 3 is 2.14 bits per heavy atom. The van der Waals surface area contributed by atoms with Gasteiger partial charge in [0.05, 0.1) is 0 Å². The van der Waals surface area contributed by atoms with Gasteiger partial charge in [-0.1, -0.05) is 12.2 Å². The van der Waals surface area contributed by atoms with Gasteiger partial charge in [-0.3, -0.25) is 0 Å². The minimum atomic E-state index is 0.113. The van der Waals surface area contributed by atoms with Gasteiger partial charge in [0.25, 0.3) is 0 Å². The van der Waals surface area contributed by atoms with Crippen molar-refractivity contribution in [3.63, 3.8) is 0 Å². The second kappa shape index (κ2) is 6.20. The zero-order valence-corrected chi connectivity index (χ0v) is 9.02. The average Bonchev–Trinajstić information content (AvgIpc) is 2.23. The molecule has 2 N–H and O–H groups in total. The molecule has 0 saturated heterocycles. The molecule has 0 bridgehead atoms. The highest BCUT2D eigenvalue weighted by Gasteiger charge is 2.25. The number of hydrogen-bond acceptors (Lipinski definition) is 2. The predicted molar refractivity (Wildman–Crippen MR) is 57.9 cm³/mol. The van der Waals surface area contributed by atoms with Crippen LogP contribution in [0.1, 0.15) is 32.6 Å². The molecule has 0 aliphatic heterocycles. The Hall–Kier alpha value is -0.340. The predicted octanol–water partition coefficient (Wildman–Crippen LogP) is 1.97. The standard InChI is InChI=1S/C12H22O2/c1-2-3-10-4-6-11(7-5-10)12(8-13)9-14/h2-3,10-14H,4-9H2,1H3/t10-,11-. The number of hydrogen-bond donors (Lipinski definition) is 2. The van der Waals surface area contributed by atoms with Crippen LogP contribution >= 0.6 is 0 Å². The van der Waals surface area contributed by atoms with Crippen LogP contribution in [0.4, 0.5) is 0 Å². The van der Waals surface area contributed by atoms with E-state index in [4.69, 9.17) is 10.2 Å². The highest BCUT2D eigenvalue weighted by Crippen LogP contribution is 2.33. The van der Waals surface area contributed by atoms with E-state index in [1.165, 1.54) is 12.8 Å². The van der Waals surface area contributed by atoms with E-state index in [1.54, 1.807) is 0 Å². The molecule has 0 amide bonds. The number of allylic oxidation sites excluding steroid dienone is 2. The number of rotatable bonds is 4. The summed E-state index contributed by atoms with van der Waals surface area (Å²) in [7, 11) is 0. The van der Waals surface area contributed by atoms with Gasteiger partial charge in [0.2, 0.25) is 0 Å². The smallest absolute Gasteiger partial charge is 0.0483 e. The molecule has 2 nitrogen and oxygen atoms in total. The lowest BCUT2D eigenvalue weighted by molar-refractivity contribution is 0.0833. The maximum atomic E-state index is 9.07. The molecule has 0 atom stereocenters. The van der Waals surface area contributed by atoms with Crippen molar-refractivity contribution in [3.05, 3.63) is 12.2 Å². The van der Waals surface area contributed by atoms with Crippen LogP contribution in [0.3, 0.4) is 0 Å². The first kappa shape index (κ1) is 11.7. The summed E-state index contributed by atoms with van der Waals surface area (Å²) in [6, 6.07) is 0. The van der Waals surface area contributed by atoms with Crippen molar-refractivity contribution in [2.45, 2.75) is 32.6 Å². The fourth-order valence-electron chi connectivity index (χ4n) is 2.44. The van der Waals surface area contributed by atoms with Crippen LogP contribution in [-0.4, -0.2) is 23.4 Å². The van der Waals surface area contributed by atoms with E-state index in [-0.39, 0.29) is 19.1 Å². The topological polar surface area (TPSA) is 40.5 Å². The Bertz CT molecular complexity index is 165. The maximum absolute atomic E-state index is 9.07. The summed E-state index contributed by atoms with van der Waals surface area (Å²) in [5.74, 6) is 1.38. The summed E-state index contributed by atoms with van der Waals surface area (Å²) >= 11 is 0. The first-order valence-electron chi connectivity index (χ1n) is 5.66. The van der Waals surface area contributed by atoms with Gasteiger partial charge in [-0.05, 0) is 44.4 Å². The molecule has 14 heavy (non-hydrogen) atoms. The van der Waals surface area contributed by atoms with Crippen LogP contribution in [0.5, 0.6) is 0 Å². The molecule has 0 heterocycles. The Morgan fingerprint density at radius 2 is 1.71 bits per heavy atom. The van der Waals surface area contributed by atoms with Crippen molar-refractivity contribution >= 4 is 0 Å². The van der Waals surface area contributed by atoms with Gasteiger partial charge in [-0.2, -0.15) is 0 Å². The zero-order chi connectivity index (χ0) is 10.4. The van der Waals surface area contributed by atoms with E-state index in [0.29, 0.717) is 5.92 Å². The summed E-state index contributed by atoms with van der Waals surface area (Å²) in [5.41, 5.74) is 0. The minimum absolute atomic E-state index is 0.113. The number of aliphatic hydroxyl groups excluding tert-OH is 2. The molecule has 0 aromatic carbocycles. The molecule has 82 valence electrons. The first-order chi connectivity index (χ1) is 6.81. The van der Waals surface area contributed by atoms with Crippen molar-refractivity contribution < 1.29 is 10.2 Å². The number of aliphatic hydroxyl groups is 2. The summed E-state index contributed by atoms with van der Waals surface area (Å²) < 4.78 is 0. The van der Waals surface area contributed by atoms with Crippen molar-refractivity contribution in [2.75, 3.05) is 13.2 Å². The summed E-state index contributed by atoms with van der Waals surface area (Å²) in [4.78, 5) is 0. The molecule has 1 rings (SSSR count). The fraction of sp³-hybridized carbons (Fsp3) is 0.833. The second-order valence-corrected chi connectivity index (χ2v) is 4.33. The summed E-state index contributed by atoms with van der Waals surface area (Å²) in [6.45, 7) is 2.33. The molecule has 0 aromatic heterocycles. The summed E-state index contributed by atoms with van der Waals surface area (Å²) in [5, 5.41) is 18.1. The van der Waals surface area contributed by atoms with Gasteiger partial charge in [0, 0.05) is 19.1 Å². The third kappa shape index (κ3) is 3.10. The summed E-state index contributed by atoms with van der Waals surface area (Å²) in [6.07, 6.45) is 9.14. The van der Waals surface area contributed by atoms with Crippen LogP contribution in [0.2, 0.25) is 0 Å². The Morgan fingerprint density at radius 1 is 1.14 bits per heavy atom. The lowest BCUT2D eigenvalue weighted by Crippen LogP contribution is -2.26. The largest absolute Gasteiger partial charge is 0.396 e. The van der Waals surface area contributed by atoms with Gasteiger partial charge in [-0.15, -0.1) is 0 Å². The third-order valence-corrected chi connectivity index (χ3v) is 3.42. The van der Waals surface area contributed by atoms with E-state index in [1.807, 2.05) is 0 Å². The first-order valence-corrected chi connectivity index (χ1v) is 5.66. The molecule has 0 radical (unpaired) electrons. The molecule has 1 saturated carbocycles. The lowest BCUT2D eigenvalue weighted by Gasteiger charge is -2.31. The van der Waals surface area contributed by atoms with Gasteiger partial charge in [0.1, 0.15) is 0 Å². The Kier molecular flexibility index (Phi) is 5.20. The van der Waals surface area contributed by atoms with E-state index >= 15 is 0 Å². The third-order valence-electron chi connectivity index (χ3n) is 3.42. The lowest BCUT2D eigenvalue weighted by atomic mass is 9.76. The van der Waals surface area contributed by atoms with Gasteiger partial charge < -0.3 is 10.2 Å². The van der Waals surface area contributed by atoms with Gasteiger partial charge in [-0.25, -0.2) is 0 Å². The highest BCUT2D eigenvalue weighted by molar-refractivity contribution is 4.89. The van der Waals surface area contributed by atoms with Crippen molar-refractivity contribution in [1.82, 2.24) is 0 Å². The Labute approximate surface area is 86.6 Å². The average molecular weight is 198 g/mol. The van der Waals surface area contributed by atoms with Crippen molar-refractivity contribution in [3.8, 4) is 0 Å². The quantitative estimate of drug-likeness (QED) is 0.678. The van der Waals surface area contributed by atoms with Crippen LogP contribution in [0.25, 0.3) is 0 Å². The van der Waals surface area contributed by atoms with Crippen molar-refractivity contribution in [2.24, 2.45) is 17.8 Å². The van der Waals surface area contributed by atoms with E-state index in [2.05, 4.69) is 19.1 Å². The zero-order valence-electron chi connectivity index (χ0n) is 9.02. The molecule has 1 aliphatic rings. The highest BCUT2D eigenvalue weighted by atomic mass is 16.3. The minimum Gasteiger partial charge on any atom is -0.396 e. The molecular formula is C12H22O2. The molecule has 1 aliphatic carbocycles.